The third-order valence-electron chi connectivity index (χ3n) is 7.40. The molecule has 3 atom stereocenters. The predicted molar refractivity (Wildman–Crippen MR) is 115 cm³/mol. The van der Waals surface area contributed by atoms with Crippen LogP contribution in [-0.4, -0.2) is 28.8 Å². The van der Waals surface area contributed by atoms with Gasteiger partial charge < -0.3 is 9.53 Å². The van der Waals surface area contributed by atoms with E-state index in [9.17, 15) is 4.79 Å². The van der Waals surface area contributed by atoms with Crippen molar-refractivity contribution in [2.45, 2.75) is 51.0 Å². The van der Waals surface area contributed by atoms with Crippen molar-refractivity contribution in [1.29, 1.82) is 0 Å². The van der Waals surface area contributed by atoms with Crippen molar-refractivity contribution >= 4 is 5.78 Å². The molecule has 0 unspecified atom stereocenters. The van der Waals surface area contributed by atoms with E-state index in [1.807, 2.05) is 19.1 Å². The lowest BCUT2D eigenvalue weighted by Gasteiger charge is -2.44. The molecule has 0 saturated carbocycles. The lowest BCUT2D eigenvalue weighted by molar-refractivity contribution is -0.121. The minimum Gasteiger partial charge on any atom is -0.381 e. The van der Waals surface area contributed by atoms with Gasteiger partial charge in [-0.3, -0.25) is 4.68 Å². The lowest BCUT2D eigenvalue weighted by Crippen LogP contribution is -2.45. The van der Waals surface area contributed by atoms with Crippen molar-refractivity contribution < 1.29 is 9.53 Å². The Morgan fingerprint density at radius 2 is 1.93 bits per heavy atom. The molecule has 154 valence electrons. The molecular formula is C25H27N3O2. The summed E-state index contributed by atoms with van der Waals surface area (Å²) in [4.78, 5) is 16.3. The Hall–Kier alpha value is -2.71. The number of nitrogens with zero attached hydrogens (tertiary/aromatic N) is 3. The highest BCUT2D eigenvalue weighted by molar-refractivity contribution is 6.00. The quantitative estimate of drug-likeness (QED) is 0.683. The lowest BCUT2D eigenvalue weighted by atomic mass is 9.58. The number of Topliss-reactive ketones (excluding diaryl/α,β-unsaturated/α-hetero) is 1. The van der Waals surface area contributed by atoms with Crippen LogP contribution in [0.1, 0.15) is 50.4 Å². The Bertz CT molecular complexity index is 1060. The molecule has 0 radical (unpaired) electrons. The first-order chi connectivity index (χ1) is 14.5. The van der Waals surface area contributed by atoms with Crippen molar-refractivity contribution in [3.8, 4) is 11.3 Å². The van der Waals surface area contributed by atoms with Gasteiger partial charge in [-0.1, -0.05) is 50.3 Å². The molecule has 5 nitrogen and oxygen atoms in total. The zero-order chi connectivity index (χ0) is 20.9. The molecule has 5 rings (SSSR count). The fourth-order valence-electron chi connectivity index (χ4n) is 5.81. The minimum absolute atomic E-state index is 0.0110. The monoisotopic (exact) mass is 401 g/mol. The topological polar surface area (TPSA) is 48.5 Å². The van der Waals surface area contributed by atoms with E-state index in [2.05, 4.69) is 40.7 Å². The van der Waals surface area contributed by atoms with E-state index >= 15 is 0 Å². The van der Waals surface area contributed by atoms with Crippen molar-refractivity contribution in [1.82, 2.24) is 9.78 Å². The number of fused-ring (bicyclic) bond motifs is 3. The van der Waals surface area contributed by atoms with E-state index in [1.54, 1.807) is 0 Å². The minimum atomic E-state index is -0.388. The largest absolute Gasteiger partial charge is 0.381 e. The highest BCUT2D eigenvalue weighted by Crippen LogP contribution is 2.51. The van der Waals surface area contributed by atoms with Crippen LogP contribution in [0.25, 0.3) is 16.1 Å². The molecule has 0 spiro atoms. The molecule has 0 bridgehead atoms. The van der Waals surface area contributed by atoms with Gasteiger partial charge in [-0.25, -0.2) is 4.85 Å². The van der Waals surface area contributed by atoms with Crippen LogP contribution in [-0.2, 0) is 21.4 Å². The molecular weight excluding hydrogens is 374 g/mol. The molecule has 2 aliphatic carbocycles. The van der Waals surface area contributed by atoms with E-state index in [4.69, 9.17) is 16.4 Å². The number of hydrogen-bond acceptors (Lipinski definition) is 3. The summed E-state index contributed by atoms with van der Waals surface area (Å²) in [6.45, 7) is 13.2. The van der Waals surface area contributed by atoms with E-state index in [1.165, 1.54) is 16.8 Å². The molecule has 1 aromatic heterocycles. The summed E-state index contributed by atoms with van der Waals surface area (Å²) in [5.74, 6) is 0.0263. The second kappa shape index (κ2) is 7.21. The number of ketones is 1. The number of ether oxygens (including phenoxy) is 1. The van der Waals surface area contributed by atoms with Crippen molar-refractivity contribution in [3.05, 3.63) is 64.8 Å². The molecule has 1 aliphatic heterocycles. The van der Waals surface area contributed by atoms with Crippen LogP contribution in [0.2, 0.25) is 0 Å². The van der Waals surface area contributed by atoms with Gasteiger partial charge in [-0.2, -0.15) is 5.10 Å². The van der Waals surface area contributed by atoms with E-state index < -0.39 is 0 Å². The summed E-state index contributed by atoms with van der Waals surface area (Å²) < 4.78 is 7.85. The summed E-state index contributed by atoms with van der Waals surface area (Å²) in [5.41, 5.74) is 4.63. The molecule has 1 fully saturated rings. The number of benzene rings is 1. The van der Waals surface area contributed by atoms with E-state index in [0.717, 1.165) is 44.6 Å². The number of carbonyl (C=O) groups excluding carboxylic acids is 1. The third kappa shape index (κ3) is 2.78. The maximum absolute atomic E-state index is 12.7. The summed E-state index contributed by atoms with van der Waals surface area (Å²) >= 11 is 0. The predicted octanol–water partition coefficient (Wildman–Crippen LogP) is 4.74. The normalized spacial score (nSPS) is 29.0. The highest BCUT2D eigenvalue weighted by Gasteiger charge is 2.50. The van der Waals surface area contributed by atoms with E-state index in [-0.39, 0.29) is 28.7 Å². The highest BCUT2D eigenvalue weighted by atomic mass is 16.5. The smallest absolute Gasteiger partial charge is 0.226 e. The molecule has 5 heteroatoms. The first-order valence-electron chi connectivity index (χ1n) is 10.9. The van der Waals surface area contributed by atoms with Crippen LogP contribution in [0.4, 0.5) is 0 Å². The Morgan fingerprint density at radius 1 is 1.20 bits per heavy atom. The molecule has 1 aromatic carbocycles. The van der Waals surface area contributed by atoms with E-state index in [0.29, 0.717) is 6.04 Å². The number of rotatable bonds is 2. The molecule has 2 heterocycles. The second-order valence-electron chi connectivity index (χ2n) is 9.05. The zero-order valence-electron chi connectivity index (χ0n) is 17.6. The Morgan fingerprint density at radius 3 is 2.63 bits per heavy atom. The van der Waals surface area contributed by atoms with Gasteiger partial charge in [0.15, 0.2) is 5.78 Å². The van der Waals surface area contributed by atoms with Crippen LogP contribution in [0.5, 0.6) is 0 Å². The first-order valence-corrected chi connectivity index (χ1v) is 10.9. The second-order valence-corrected chi connectivity index (χ2v) is 9.05. The van der Waals surface area contributed by atoms with Crippen LogP contribution in [0.3, 0.4) is 0 Å². The SMILES string of the molecule is [C-]#[N+]C1=C[C@@]2(C)c3nn(C4CCOCC4)c(-c4ccccc4)c3CC[C@@H]2[C@@H](C)C1=O. The molecule has 2 aromatic rings. The van der Waals surface area contributed by atoms with Gasteiger partial charge in [0, 0.05) is 35.7 Å². The molecule has 3 aliphatic rings. The Kier molecular flexibility index (Phi) is 4.63. The first kappa shape index (κ1) is 19.3. The van der Waals surface area contributed by atoms with Gasteiger partial charge in [-0.15, -0.1) is 0 Å². The van der Waals surface area contributed by atoms with Gasteiger partial charge in [0.2, 0.25) is 5.70 Å². The summed E-state index contributed by atoms with van der Waals surface area (Å²) in [6.07, 6.45) is 5.69. The van der Waals surface area contributed by atoms with Gasteiger partial charge in [0.25, 0.3) is 0 Å². The average molecular weight is 402 g/mol. The molecule has 0 N–H and O–H groups in total. The van der Waals surface area contributed by atoms with Crippen molar-refractivity contribution in [2.75, 3.05) is 13.2 Å². The van der Waals surface area contributed by atoms with Crippen molar-refractivity contribution in [3.63, 3.8) is 0 Å². The molecule has 30 heavy (non-hydrogen) atoms. The molecule has 1 saturated heterocycles. The fraction of sp³-hybridized carbons (Fsp3) is 0.480. The molecule has 0 amide bonds. The van der Waals surface area contributed by atoms with Gasteiger partial charge in [0.05, 0.1) is 24.0 Å². The number of aromatic nitrogens is 2. The van der Waals surface area contributed by atoms with Crippen LogP contribution < -0.4 is 0 Å². The standard InChI is InChI=1S/C25H27N3O2/c1-16-20-10-9-19-22(17-7-5-4-6-8-17)28(18-11-13-30-14-12-18)27-24(19)25(20,2)15-21(26-3)23(16)29/h4-8,15-16,18,20H,9-14H2,1-2H3/t16-,20-,25-/m1/s1. The fourth-order valence-corrected chi connectivity index (χ4v) is 5.81. The Balaban J connectivity index is 1.73. The van der Waals surface area contributed by atoms with Gasteiger partial charge >= 0.3 is 0 Å². The Labute approximate surface area is 177 Å². The van der Waals surface area contributed by atoms with Crippen molar-refractivity contribution in [2.24, 2.45) is 11.8 Å². The maximum Gasteiger partial charge on any atom is 0.226 e. The van der Waals surface area contributed by atoms with Crippen LogP contribution in [0.15, 0.2) is 42.1 Å². The van der Waals surface area contributed by atoms with Crippen LogP contribution >= 0.6 is 0 Å². The third-order valence-corrected chi connectivity index (χ3v) is 7.40. The van der Waals surface area contributed by atoms with Crippen LogP contribution in [0, 0.1) is 18.4 Å². The summed E-state index contributed by atoms with van der Waals surface area (Å²) in [6, 6.07) is 10.8. The maximum atomic E-state index is 12.7. The number of allylic oxidation sites excluding steroid dienone is 2. The summed E-state index contributed by atoms with van der Waals surface area (Å²) in [5, 5.41) is 5.24. The average Bonchev–Trinajstić information content (AvgIpc) is 3.18. The zero-order valence-corrected chi connectivity index (χ0v) is 17.6. The summed E-state index contributed by atoms with van der Waals surface area (Å²) in [7, 11) is 0. The number of carbonyl (C=O) groups is 1. The number of hydrogen-bond donors (Lipinski definition) is 0. The van der Waals surface area contributed by atoms with Gasteiger partial charge in [0.1, 0.15) is 0 Å². The van der Waals surface area contributed by atoms with Gasteiger partial charge in [-0.05, 0) is 31.6 Å².